The number of carbonyl (C=O) groups is 1. The van der Waals surface area contributed by atoms with E-state index >= 15 is 0 Å². The van der Waals surface area contributed by atoms with Gasteiger partial charge >= 0.3 is 0 Å². The van der Waals surface area contributed by atoms with E-state index in [0.717, 1.165) is 0 Å². The van der Waals surface area contributed by atoms with Gasteiger partial charge in [-0.05, 0) is 30.3 Å². The molecule has 0 unspecified atom stereocenters. The van der Waals surface area contributed by atoms with Crippen LogP contribution in [0.2, 0.25) is 0 Å². The Kier molecular flexibility index (Phi) is 2.79. The van der Waals surface area contributed by atoms with Gasteiger partial charge in [0.15, 0.2) is 0 Å². The van der Waals surface area contributed by atoms with Crippen LogP contribution in [0.15, 0.2) is 30.3 Å². The maximum Gasteiger partial charge on any atom is 0.276 e. The van der Waals surface area contributed by atoms with Crippen LogP contribution < -0.4 is 10.6 Å². The van der Waals surface area contributed by atoms with Gasteiger partial charge in [-0.3, -0.25) is 9.48 Å². The number of anilines is 1. The van der Waals surface area contributed by atoms with Gasteiger partial charge in [-0.1, -0.05) is 0 Å². The summed E-state index contributed by atoms with van der Waals surface area (Å²) in [4.78, 5) is 14.0. The summed E-state index contributed by atoms with van der Waals surface area (Å²) in [6, 6.07) is 7.60. The van der Waals surface area contributed by atoms with E-state index in [9.17, 15) is 9.18 Å². The van der Waals surface area contributed by atoms with Crippen LogP contribution in [-0.2, 0) is 13.1 Å². The van der Waals surface area contributed by atoms with Gasteiger partial charge < -0.3 is 10.6 Å². The van der Waals surface area contributed by atoms with Crippen molar-refractivity contribution in [3.8, 4) is 0 Å². The van der Waals surface area contributed by atoms with E-state index in [-0.39, 0.29) is 11.7 Å². The molecule has 1 amide bonds. The quantitative estimate of drug-likeness (QED) is 0.880. The molecule has 0 radical (unpaired) electrons. The van der Waals surface area contributed by atoms with Gasteiger partial charge in [0.1, 0.15) is 11.5 Å². The fourth-order valence-electron chi connectivity index (χ4n) is 2.21. The normalized spacial score (nSPS) is 14.6. The van der Waals surface area contributed by atoms with E-state index in [2.05, 4.69) is 5.10 Å². The highest BCUT2D eigenvalue weighted by Gasteiger charge is 2.27. The van der Waals surface area contributed by atoms with E-state index in [4.69, 9.17) is 5.73 Å². The third kappa shape index (κ3) is 2.00. The van der Waals surface area contributed by atoms with Crippen molar-refractivity contribution >= 4 is 11.6 Å². The Balaban J connectivity index is 1.94. The standard InChI is InChI=1S/C13H13FN4O/c14-9-1-3-11(4-2-9)17-5-6-18-12(13(17)19)7-10(8-15)16-18/h1-4,7H,5-6,8,15H2. The summed E-state index contributed by atoms with van der Waals surface area (Å²) in [6.07, 6.45) is 0. The van der Waals surface area contributed by atoms with Crippen molar-refractivity contribution in [1.29, 1.82) is 0 Å². The number of hydrogen-bond acceptors (Lipinski definition) is 3. The molecule has 5 nitrogen and oxygen atoms in total. The summed E-state index contributed by atoms with van der Waals surface area (Å²) in [7, 11) is 0. The van der Waals surface area contributed by atoms with Crippen LogP contribution in [0.1, 0.15) is 16.2 Å². The lowest BCUT2D eigenvalue weighted by Crippen LogP contribution is -2.40. The smallest absolute Gasteiger partial charge is 0.276 e. The lowest BCUT2D eigenvalue weighted by atomic mass is 10.2. The number of rotatable bonds is 2. The lowest BCUT2D eigenvalue weighted by molar-refractivity contribution is 0.0962. The molecule has 2 aromatic rings. The van der Waals surface area contributed by atoms with Crippen LogP contribution in [0.3, 0.4) is 0 Å². The Labute approximate surface area is 109 Å². The van der Waals surface area contributed by atoms with Crippen molar-refractivity contribution in [1.82, 2.24) is 9.78 Å². The largest absolute Gasteiger partial charge is 0.325 e. The minimum absolute atomic E-state index is 0.134. The van der Waals surface area contributed by atoms with Crippen molar-refractivity contribution in [3.63, 3.8) is 0 Å². The molecule has 0 spiro atoms. The van der Waals surface area contributed by atoms with Gasteiger partial charge in [0, 0.05) is 18.8 Å². The Morgan fingerprint density at radius 3 is 2.68 bits per heavy atom. The van der Waals surface area contributed by atoms with E-state index in [1.54, 1.807) is 27.8 Å². The summed E-state index contributed by atoms with van der Waals surface area (Å²) in [5.41, 5.74) is 7.44. The number of nitrogens with two attached hydrogens (primary N) is 1. The SMILES string of the molecule is NCc1cc2n(n1)CCN(c1ccc(F)cc1)C2=O. The van der Waals surface area contributed by atoms with Gasteiger partial charge in [0.2, 0.25) is 0 Å². The van der Waals surface area contributed by atoms with Crippen molar-refractivity contribution in [3.05, 3.63) is 47.5 Å². The van der Waals surface area contributed by atoms with E-state index in [0.29, 0.717) is 36.7 Å². The molecule has 19 heavy (non-hydrogen) atoms. The number of halogens is 1. The molecular formula is C13H13FN4O. The van der Waals surface area contributed by atoms with Gasteiger partial charge in [0.25, 0.3) is 5.91 Å². The zero-order chi connectivity index (χ0) is 13.4. The molecule has 6 heteroatoms. The first kappa shape index (κ1) is 11.9. The number of amides is 1. The summed E-state index contributed by atoms with van der Waals surface area (Å²) in [5, 5.41) is 4.25. The first-order chi connectivity index (χ1) is 9.19. The number of hydrogen-bond donors (Lipinski definition) is 1. The Morgan fingerprint density at radius 1 is 1.26 bits per heavy atom. The minimum Gasteiger partial charge on any atom is -0.325 e. The van der Waals surface area contributed by atoms with E-state index in [1.165, 1.54) is 12.1 Å². The highest BCUT2D eigenvalue weighted by Crippen LogP contribution is 2.21. The number of nitrogens with zero attached hydrogens (tertiary/aromatic N) is 3. The molecule has 98 valence electrons. The van der Waals surface area contributed by atoms with E-state index < -0.39 is 0 Å². The summed E-state index contributed by atoms with van der Waals surface area (Å²) in [5.74, 6) is -0.450. The number of benzene rings is 1. The monoisotopic (exact) mass is 260 g/mol. The first-order valence-electron chi connectivity index (χ1n) is 6.03. The van der Waals surface area contributed by atoms with Gasteiger partial charge in [-0.15, -0.1) is 0 Å². The molecule has 1 aromatic heterocycles. The Morgan fingerprint density at radius 2 is 2.00 bits per heavy atom. The summed E-state index contributed by atoms with van der Waals surface area (Å²) in [6.45, 7) is 1.44. The highest BCUT2D eigenvalue weighted by molar-refractivity contribution is 6.05. The molecule has 0 atom stereocenters. The van der Waals surface area contributed by atoms with Crippen LogP contribution in [0, 0.1) is 5.82 Å². The van der Waals surface area contributed by atoms with Crippen molar-refractivity contribution in [2.75, 3.05) is 11.4 Å². The van der Waals surface area contributed by atoms with Crippen LogP contribution in [0.25, 0.3) is 0 Å². The highest BCUT2D eigenvalue weighted by atomic mass is 19.1. The topological polar surface area (TPSA) is 64.2 Å². The fourth-order valence-corrected chi connectivity index (χ4v) is 2.21. The molecule has 3 rings (SSSR count). The molecule has 1 aliphatic heterocycles. The van der Waals surface area contributed by atoms with Gasteiger partial charge in [0.05, 0.1) is 12.2 Å². The molecule has 2 N–H and O–H groups in total. The zero-order valence-electron chi connectivity index (χ0n) is 10.2. The maximum atomic E-state index is 12.9. The van der Waals surface area contributed by atoms with E-state index in [1.807, 2.05) is 0 Å². The van der Waals surface area contributed by atoms with Crippen LogP contribution in [-0.4, -0.2) is 22.2 Å². The molecule has 0 saturated heterocycles. The third-order valence-electron chi connectivity index (χ3n) is 3.18. The second-order valence-electron chi connectivity index (χ2n) is 4.38. The minimum atomic E-state index is -0.316. The predicted octanol–water partition coefficient (Wildman–Crippen LogP) is 1.14. The molecule has 0 bridgehead atoms. The zero-order valence-corrected chi connectivity index (χ0v) is 10.2. The number of fused-ring (bicyclic) bond motifs is 1. The first-order valence-corrected chi connectivity index (χ1v) is 6.03. The van der Waals surface area contributed by atoms with Crippen LogP contribution >= 0.6 is 0 Å². The fraction of sp³-hybridized carbons (Fsp3) is 0.231. The van der Waals surface area contributed by atoms with Crippen molar-refractivity contribution in [2.24, 2.45) is 5.73 Å². The Bertz CT molecular complexity index is 620. The molecule has 0 saturated carbocycles. The Hall–Kier alpha value is -2.21. The molecule has 1 aromatic carbocycles. The third-order valence-corrected chi connectivity index (χ3v) is 3.18. The second kappa shape index (κ2) is 4.47. The molecule has 2 heterocycles. The second-order valence-corrected chi connectivity index (χ2v) is 4.38. The number of aromatic nitrogens is 2. The average Bonchev–Trinajstić information content (AvgIpc) is 2.85. The number of carbonyl (C=O) groups excluding carboxylic acids is 1. The van der Waals surface area contributed by atoms with Crippen LogP contribution in [0.4, 0.5) is 10.1 Å². The lowest BCUT2D eigenvalue weighted by Gasteiger charge is -2.27. The van der Waals surface area contributed by atoms with Crippen molar-refractivity contribution < 1.29 is 9.18 Å². The van der Waals surface area contributed by atoms with Crippen LogP contribution in [0.5, 0.6) is 0 Å². The molecule has 0 fully saturated rings. The molecule has 1 aliphatic rings. The van der Waals surface area contributed by atoms with Crippen molar-refractivity contribution in [2.45, 2.75) is 13.1 Å². The molecular weight excluding hydrogens is 247 g/mol. The summed E-state index contributed by atoms with van der Waals surface area (Å²) >= 11 is 0. The van der Waals surface area contributed by atoms with Gasteiger partial charge in [-0.25, -0.2) is 4.39 Å². The summed E-state index contributed by atoms with van der Waals surface area (Å²) < 4.78 is 14.6. The molecule has 0 aliphatic carbocycles. The van der Waals surface area contributed by atoms with Gasteiger partial charge in [-0.2, -0.15) is 5.10 Å². The average molecular weight is 260 g/mol. The predicted molar refractivity (Wildman–Crippen MR) is 68.2 cm³/mol. The maximum absolute atomic E-state index is 12.9.